The lowest BCUT2D eigenvalue weighted by atomic mass is 10.2. The first-order valence-electron chi connectivity index (χ1n) is 5.71. The van der Waals surface area contributed by atoms with Crippen LogP contribution in [0.2, 0.25) is 0 Å². The van der Waals surface area contributed by atoms with Gasteiger partial charge in [-0.2, -0.15) is 11.3 Å². The minimum Gasteiger partial charge on any atom is -0.387 e. The monoisotopic (exact) mass is 251 g/mol. The molecule has 0 saturated heterocycles. The molecule has 2 rings (SSSR count). The van der Waals surface area contributed by atoms with Crippen LogP contribution >= 0.6 is 11.3 Å². The lowest BCUT2D eigenvalue weighted by Gasteiger charge is -2.11. The van der Waals surface area contributed by atoms with E-state index in [1.807, 2.05) is 29.4 Å². The molecule has 0 spiro atoms. The van der Waals surface area contributed by atoms with Crippen LogP contribution in [0.4, 0.5) is 0 Å². The zero-order valence-corrected chi connectivity index (χ0v) is 10.7. The number of aromatic nitrogens is 2. The molecule has 0 saturated carbocycles. The fourth-order valence-corrected chi connectivity index (χ4v) is 2.41. The maximum Gasteiger partial charge on any atom is 0.0948 e. The van der Waals surface area contributed by atoms with Crippen molar-refractivity contribution in [3.63, 3.8) is 0 Å². The number of imidazole rings is 1. The zero-order valence-electron chi connectivity index (χ0n) is 9.84. The number of thiophene rings is 1. The van der Waals surface area contributed by atoms with E-state index >= 15 is 0 Å². The van der Waals surface area contributed by atoms with Gasteiger partial charge < -0.3 is 15.0 Å². The van der Waals surface area contributed by atoms with Crippen molar-refractivity contribution in [2.75, 3.05) is 6.54 Å². The predicted octanol–water partition coefficient (Wildman–Crippen LogP) is 1.79. The topological polar surface area (TPSA) is 50.1 Å². The van der Waals surface area contributed by atoms with Gasteiger partial charge in [0.1, 0.15) is 0 Å². The van der Waals surface area contributed by atoms with E-state index in [-0.39, 0.29) is 0 Å². The number of aliphatic hydroxyl groups excluding tert-OH is 1. The molecule has 5 heteroatoms. The molecular formula is C12H17N3OS. The highest BCUT2D eigenvalue weighted by atomic mass is 32.1. The Bertz CT molecular complexity index is 438. The summed E-state index contributed by atoms with van der Waals surface area (Å²) in [5.41, 5.74) is 2.12. The predicted molar refractivity (Wildman–Crippen MR) is 68.9 cm³/mol. The summed E-state index contributed by atoms with van der Waals surface area (Å²) in [6.45, 7) is 4.30. The van der Waals surface area contributed by atoms with Gasteiger partial charge in [-0.05, 0) is 29.3 Å². The van der Waals surface area contributed by atoms with Crippen molar-refractivity contribution < 1.29 is 5.11 Å². The summed E-state index contributed by atoms with van der Waals surface area (Å²) < 4.78 is 2.09. The number of aryl methyl sites for hydroxylation is 1. The third-order valence-corrected chi connectivity index (χ3v) is 3.41. The maximum absolute atomic E-state index is 9.89. The van der Waals surface area contributed by atoms with Gasteiger partial charge in [-0.25, -0.2) is 4.98 Å². The highest BCUT2D eigenvalue weighted by Gasteiger charge is 2.07. The van der Waals surface area contributed by atoms with Crippen LogP contribution in [0.15, 0.2) is 29.4 Å². The van der Waals surface area contributed by atoms with Gasteiger partial charge in [-0.15, -0.1) is 0 Å². The van der Waals surface area contributed by atoms with Gasteiger partial charge >= 0.3 is 0 Å². The summed E-state index contributed by atoms with van der Waals surface area (Å²) in [6, 6.07) is 1.95. The van der Waals surface area contributed by atoms with Crippen molar-refractivity contribution in [3.8, 4) is 0 Å². The van der Waals surface area contributed by atoms with Crippen LogP contribution in [0.3, 0.4) is 0 Å². The van der Waals surface area contributed by atoms with Crippen molar-refractivity contribution in [1.29, 1.82) is 0 Å². The first-order chi connectivity index (χ1) is 8.31. The molecular weight excluding hydrogens is 234 g/mol. The Labute approximate surface area is 105 Å². The highest BCUT2D eigenvalue weighted by Crippen LogP contribution is 2.15. The second kappa shape index (κ2) is 5.95. The molecule has 2 heterocycles. The first kappa shape index (κ1) is 12.3. The van der Waals surface area contributed by atoms with E-state index in [1.54, 1.807) is 11.3 Å². The Hall–Kier alpha value is -1.17. The SMILES string of the molecule is CCn1cncc1CNCC(O)c1ccsc1. The molecule has 0 aromatic carbocycles. The molecule has 0 aliphatic carbocycles. The smallest absolute Gasteiger partial charge is 0.0948 e. The minimum absolute atomic E-state index is 0.431. The fourth-order valence-electron chi connectivity index (χ4n) is 1.70. The third kappa shape index (κ3) is 3.15. The van der Waals surface area contributed by atoms with Gasteiger partial charge in [-0.3, -0.25) is 0 Å². The van der Waals surface area contributed by atoms with E-state index in [9.17, 15) is 5.11 Å². The molecule has 92 valence electrons. The van der Waals surface area contributed by atoms with Crippen LogP contribution in [0.1, 0.15) is 24.3 Å². The number of hydrogen-bond donors (Lipinski definition) is 2. The largest absolute Gasteiger partial charge is 0.387 e. The molecule has 2 aromatic heterocycles. The molecule has 1 unspecified atom stereocenters. The Morgan fingerprint density at radius 2 is 2.47 bits per heavy atom. The Morgan fingerprint density at radius 3 is 3.18 bits per heavy atom. The van der Waals surface area contributed by atoms with Gasteiger partial charge in [0, 0.05) is 25.8 Å². The summed E-state index contributed by atoms with van der Waals surface area (Å²) in [5.74, 6) is 0. The Kier molecular flexibility index (Phi) is 4.30. The quantitative estimate of drug-likeness (QED) is 0.823. The number of aliphatic hydroxyl groups is 1. The molecule has 17 heavy (non-hydrogen) atoms. The second-order valence-corrected chi connectivity index (χ2v) is 4.65. The van der Waals surface area contributed by atoms with Crippen LogP contribution in [0, 0.1) is 0 Å². The Morgan fingerprint density at radius 1 is 1.59 bits per heavy atom. The molecule has 0 amide bonds. The fraction of sp³-hybridized carbons (Fsp3) is 0.417. The van der Waals surface area contributed by atoms with Crippen molar-refractivity contribution in [2.45, 2.75) is 26.1 Å². The summed E-state index contributed by atoms with van der Waals surface area (Å²) in [7, 11) is 0. The molecule has 0 radical (unpaired) electrons. The van der Waals surface area contributed by atoms with Gasteiger partial charge in [0.05, 0.1) is 18.1 Å². The summed E-state index contributed by atoms with van der Waals surface area (Å²) in [6.07, 6.45) is 3.25. The van der Waals surface area contributed by atoms with E-state index in [1.165, 1.54) is 0 Å². The maximum atomic E-state index is 9.89. The molecule has 0 fully saturated rings. The van der Waals surface area contributed by atoms with Gasteiger partial charge in [0.2, 0.25) is 0 Å². The first-order valence-corrected chi connectivity index (χ1v) is 6.65. The lowest BCUT2D eigenvalue weighted by Crippen LogP contribution is -2.22. The standard InChI is InChI=1S/C12H17N3OS/c1-2-15-9-14-6-11(15)5-13-7-12(16)10-3-4-17-8-10/h3-4,6,8-9,12-13,16H,2,5,7H2,1H3. The van der Waals surface area contributed by atoms with E-state index in [0.717, 1.165) is 24.3 Å². The molecule has 4 nitrogen and oxygen atoms in total. The summed E-state index contributed by atoms with van der Waals surface area (Å²) in [5, 5.41) is 17.1. The van der Waals surface area contributed by atoms with Crippen molar-refractivity contribution >= 4 is 11.3 Å². The van der Waals surface area contributed by atoms with E-state index in [2.05, 4.69) is 21.8 Å². The van der Waals surface area contributed by atoms with Crippen molar-refractivity contribution in [1.82, 2.24) is 14.9 Å². The van der Waals surface area contributed by atoms with Crippen LogP contribution in [0.25, 0.3) is 0 Å². The number of rotatable bonds is 6. The van der Waals surface area contributed by atoms with Crippen LogP contribution in [0.5, 0.6) is 0 Å². The van der Waals surface area contributed by atoms with Crippen LogP contribution in [-0.4, -0.2) is 21.2 Å². The molecule has 2 aromatic rings. The second-order valence-electron chi connectivity index (χ2n) is 3.87. The zero-order chi connectivity index (χ0) is 12.1. The van der Waals surface area contributed by atoms with Gasteiger partial charge in [0.25, 0.3) is 0 Å². The van der Waals surface area contributed by atoms with E-state index in [4.69, 9.17) is 0 Å². The summed E-state index contributed by atoms with van der Waals surface area (Å²) in [4.78, 5) is 4.10. The molecule has 1 atom stereocenters. The molecule has 0 aliphatic rings. The average molecular weight is 251 g/mol. The lowest BCUT2D eigenvalue weighted by molar-refractivity contribution is 0.174. The van der Waals surface area contributed by atoms with Crippen molar-refractivity contribution in [3.05, 3.63) is 40.6 Å². The number of hydrogen-bond acceptors (Lipinski definition) is 4. The number of nitrogens with one attached hydrogen (secondary N) is 1. The number of nitrogens with zero attached hydrogens (tertiary/aromatic N) is 2. The van der Waals surface area contributed by atoms with E-state index in [0.29, 0.717) is 6.54 Å². The van der Waals surface area contributed by atoms with Gasteiger partial charge in [-0.1, -0.05) is 0 Å². The minimum atomic E-state index is -0.431. The highest BCUT2D eigenvalue weighted by molar-refractivity contribution is 7.07. The Balaban J connectivity index is 1.80. The van der Waals surface area contributed by atoms with Gasteiger partial charge in [0.15, 0.2) is 0 Å². The molecule has 0 aliphatic heterocycles. The third-order valence-electron chi connectivity index (χ3n) is 2.71. The normalized spacial score (nSPS) is 12.8. The average Bonchev–Trinajstić information content (AvgIpc) is 2.99. The summed E-state index contributed by atoms with van der Waals surface area (Å²) >= 11 is 1.60. The van der Waals surface area contributed by atoms with E-state index < -0.39 is 6.10 Å². The van der Waals surface area contributed by atoms with Crippen molar-refractivity contribution in [2.24, 2.45) is 0 Å². The van der Waals surface area contributed by atoms with Crippen LogP contribution in [-0.2, 0) is 13.1 Å². The van der Waals surface area contributed by atoms with Crippen LogP contribution < -0.4 is 5.32 Å². The molecule has 2 N–H and O–H groups in total. The molecule has 0 bridgehead atoms.